The lowest BCUT2D eigenvalue weighted by Crippen LogP contribution is -1.91. The average Bonchev–Trinajstić information content (AvgIpc) is 2.66. The van der Waals surface area contributed by atoms with Crippen molar-refractivity contribution in [1.29, 1.82) is 0 Å². The minimum Gasteiger partial charge on any atom is -0.273 e. The predicted octanol–water partition coefficient (Wildman–Crippen LogP) is 2.55. The first-order chi connectivity index (χ1) is 6.20. The van der Waals surface area contributed by atoms with Gasteiger partial charge in [0, 0.05) is 12.7 Å². The number of rotatable bonds is 0. The van der Waals surface area contributed by atoms with Crippen LogP contribution < -0.4 is 0 Å². The van der Waals surface area contributed by atoms with Crippen molar-refractivity contribution in [1.82, 2.24) is 9.78 Å². The molecule has 0 amide bonds. The monoisotopic (exact) mass is 198 g/mol. The van der Waals surface area contributed by atoms with E-state index in [2.05, 4.69) is 22.9 Å². The van der Waals surface area contributed by atoms with E-state index in [9.17, 15) is 0 Å². The van der Waals surface area contributed by atoms with E-state index in [1.54, 1.807) is 0 Å². The van der Waals surface area contributed by atoms with Crippen molar-refractivity contribution in [3.8, 4) is 0 Å². The Bertz CT molecular complexity index is 224. The van der Waals surface area contributed by atoms with E-state index in [4.69, 9.17) is 0 Å². The Kier molecular flexibility index (Phi) is 4.36. The van der Waals surface area contributed by atoms with Crippen molar-refractivity contribution in [2.75, 3.05) is 11.5 Å². The van der Waals surface area contributed by atoms with Gasteiger partial charge in [-0.15, -0.1) is 0 Å². The molecule has 0 atom stereocenters. The molecule has 1 saturated heterocycles. The molecule has 0 bridgehead atoms. The van der Waals surface area contributed by atoms with Crippen molar-refractivity contribution >= 4 is 11.8 Å². The molecule has 3 heteroatoms. The Hall–Kier alpha value is -0.440. The van der Waals surface area contributed by atoms with Gasteiger partial charge in [0.1, 0.15) is 0 Å². The summed E-state index contributed by atoms with van der Waals surface area (Å²) < 4.78 is 1.87. The van der Waals surface area contributed by atoms with Crippen molar-refractivity contribution in [3.05, 3.63) is 17.5 Å². The van der Waals surface area contributed by atoms with Crippen LogP contribution in [0, 0.1) is 13.8 Å². The van der Waals surface area contributed by atoms with Crippen LogP contribution in [0.15, 0.2) is 6.07 Å². The third-order valence-electron chi connectivity index (χ3n) is 2.06. The minimum absolute atomic E-state index is 1.09. The van der Waals surface area contributed by atoms with E-state index in [0.29, 0.717) is 0 Å². The number of aromatic nitrogens is 2. The first kappa shape index (κ1) is 10.6. The van der Waals surface area contributed by atoms with E-state index in [0.717, 1.165) is 5.69 Å². The molecule has 0 aliphatic carbocycles. The Labute approximate surface area is 84.7 Å². The maximum absolute atomic E-state index is 4.13. The molecule has 1 aliphatic rings. The maximum atomic E-state index is 4.13. The summed E-state index contributed by atoms with van der Waals surface area (Å²) >= 11 is 2.07. The number of aryl methyl sites for hydroxylation is 3. The molecule has 0 unspecified atom stereocenters. The molecule has 1 aliphatic heterocycles. The van der Waals surface area contributed by atoms with Gasteiger partial charge in [0.2, 0.25) is 0 Å². The molecule has 0 aromatic carbocycles. The molecule has 0 radical (unpaired) electrons. The smallest absolute Gasteiger partial charge is 0.0596 e. The fourth-order valence-corrected chi connectivity index (χ4v) is 2.27. The highest BCUT2D eigenvalue weighted by molar-refractivity contribution is 7.99. The molecular weight excluding hydrogens is 180 g/mol. The van der Waals surface area contributed by atoms with Gasteiger partial charge in [0.05, 0.1) is 5.69 Å². The quantitative estimate of drug-likeness (QED) is 0.637. The van der Waals surface area contributed by atoms with E-state index < -0.39 is 0 Å². The second-order valence-electron chi connectivity index (χ2n) is 3.37. The topological polar surface area (TPSA) is 17.8 Å². The maximum Gasteiger partial charge on any atom is 0.0596 e. The van der Waals surface area contributed by atoms with Crippen molar-refractivity contribution < 1.29 is 0 Å². The average molecular weight is 198 g/mol. The van der Waals surface area contributed by atoms with Gasteiger partial charge in [0.15, 0.2) is 0 Å². The second-order valence-corrected chi connectivity index (χ2v) is 4.59. The highest BCUT2D eigenvalue weighted by atomic mass is 32.2. The van der Waals surface area contributed by atoms with Gasteiger partial charge in [-0.05, 0) is 44.3 Å². The van der Waals surface area contributed by atoms with Gasteiger partial charge in [-0.2, -0.15) is 16.9 Å². The van der Waals surface area contributed by atoms with Crippen LogP contribution in [0.4, 0.5) is 0 Å². The first-order valence-electron chi connectivity index (χ1n) is 4.75. The van der Waals surface area contributed by atoms with E-state index in [1.807, 2.05) is 25.6 Å². The summed E-state index contributed by atoms with van der Waals surface area (Å²) in [6, 6.07) is 2.06. The molecule has 2 nitrogen and oxygen atoms in total. The fraction of sp³-hybridized carbons (Fsp3) is 0.700. The van der Waals surface area contributed by atoms with Crippen LogP contribution in [0.1, 0.15) is 24.2 Å². The van der Waals surface area contributed by atoms with E-state index in [-0.39, 0.29) is 0 Å². The summed E-state index contributed by atoms with van der Waals surface area (Å²) in [5.41, 5.74) is 2.30. The molecule has 1 fully saturated rings. The Morgan fingerprint density at radius 1 is 1.31 bits per heavy atom. The molecule has 74 valence electrons. The van der Waals surface area contributed by atoms with E-state index in [1.165, 1.54) is 30.0 Å². The number of nitrogens with zero attached hydrogens (tertiary/aromatic N) is 2. The van der Waals surface area contributed by atoms with Gasteiger partial charge < -0.3 is 0 Å². The number of thioether (sulfide) groups is 1. The lowest BCUT2D eigenvalue weighted by Gasteiger charge is -1.87. The van der Waals surface area contributed by atoms with Gasteiger partial charge in [0.25, 0.3) is 0 Å². The van der Waals surface area contributed by atoms with Crippen LogP contribution in [0.25, 0.3) is 0 Å². The zero-order chi connectivity index (χ0) is 9.68. The fourth-order valence-electron chi connectivity index (χ4n) is 1.25. The Balaban J connectivity index is 0.000000145. The molecule has 2 rings (SSSR count). The van der Waals surface area contributed by atoms with Crippen molar-refractivity contribution in [3.63, 3.8) is 0 Å². The summed E-state index contributed by atoms with van der Waals surface area (Å²) in [7, 11) is 1.95. The van der Waals surface area contributed by atoms with Crippen LogP contribution in [-0.4, -0.2) is 21.3 Å². The van der Waals surface area contributed by atoms with Gasteiger partial charge >= 0.3 is 0 Å². The molecule has 2 heterocycles. The predicted molar refractivity (Wildman–Crippen MR) is 59.2 cm³/mol. The zero-order valence-electron chi connectivity index (χ0n) is 8.71. The summed E-state index contributed by atoms with van der Waals surface area (Å²) in [6.45, 7) is 4.03. The normalized spacial score (nSPS) is 15.3. The summed E-state index contributed by atoms with van der Waals surface area (Å²) in [5.74, 6) is 2.83. The van der Waals surface area contributed by atoms with Gasteiger partial charge in [-0.25, -0.2) is 0 Å². The van der Waals surface area contributed by atoms with Gasteiger partial charge in [-0.3, -0.25) is 4.68 Å². The standard InChI is InChI=1S/C6H10N2.C4H8S/c1-5-4-6(2)8(3)7-5;1-2-4-5-3-1/h4H,1-3H3;1-4H2. The van der Waals surface area contributed by atoms with Gasteiger partial charge in [-0.1, -0.05) is 0 Å². The molecule has 0 spiro atoms. The molecule has 1 aromatic rings. The summed E-state index contributed by atoms with van der Waals surface area (Å²) in [4.78, 5) is 0. The number of hydrogen-bond acceptors (Lipinski definition) is 2. The largest absolute Gasteiger partial charge is 0.273 e. The van der Waals surface area contributed by atoms with Crippen molar-refractivity contribution in [2.45, 2.75) is 26.7 Å². The van der Waals surface area contributed by atoms with Crippen LogP contribution in [0.2, 0.25) is 0 Å². The molecule has 0 saturated carbocycles. The number of hydrogen-bond donors (Lipinski definition) is 0. The molecular formula is C10H18N2S. The highest BCUT2D eigenvalue weighted by Gasteiger charge is 1.95. The van der Waals surface area contributed by atoms with Crippen LogP contribution in [0.5, 0.6) is 0 Å². The molecule has 1 aromatic heterocycles. The highest BCUT2D eigenvalue weighted by Crippen LogP contribution is 2.14. The summed E-state index contributed by atoms with van der Waals surface area (Å²) in [6.07, 6.45) is 2.93. The Morgan fingerprint density at radius 3 is 2.08 bits per heavy atom. The van der Waals surface area contributed by atoms with Crippen molar-refractivity contribution in [2.24, 2.45) is 7.05 Å². The second kappa shape index (κ2) is 5.32. The lowest BCUT2D eigenvalue weighted by atomic mass is 10.4. The lowest BCUT2D eigenvalue weighted by molar-refractivity contribution is 0.731. The Morgan fingerprint density at radius 2 is 1.92 bits per heavy atom. The van der Waals surface area contributed by atoms with Crippen LogP contribution in [0.3, 0.4) is 0 Å². The summed E-state index contributed by atoms with van der Waals surface area (Å²) in [5, 5.41) is 4.13. The molecule has 13 heavy (non-hydrogen) atoms. The molecule has 0 N–H and O–H groups in total. The van der Waals surface area contributed by atoms with Crippen LogP contribution >= 0.6 is 11.8 Å². The SMILES string of the molecule is C1CCSC1.Cc1cc(C)n(C)n1. The third-order valence-corrected chi connectivity index (χ3v) is 3.22. The third kappa shape index (κ3) is 3.85. The van der Waals surface area contributed by atoms with Crippen LogP contribution in [-0.2, 0) is 7.05 Å². The zero-order valence-corrected chi connectivity index (χ0v) is 9.52. The van der Waals surface area contributed by atoms with E-state index >= 15 is 0 Å². The first-order valence-corrected chi connectivity index (χ1v) is 5.90. The minimum atomic E-state index is 1.09.